The number of pyridine rings is 4. The summed E-state index contributed by atoms with van der Waals surface area (Å²) >= 11 is 0. The highest BCUT2D eigenvalue weighted by Crippen LogP contribution is 2.59. The van der Waals surface area contributed by atoms with Gasteiger partial charge in [0.15, 0.2) is 69.2 Å². The maximum atomic E-state index is 6.23. The number of aryl methyl sites for hydroxylation is 20. The fourth-order valence-corrected chi connectivity index (χ4v) is 19.0. The predicted octanol–water partition coefficient (Wildman–Crippen LogP) is 32.9. The summed E-state index contributed by atoms with van der Waals surface area (Å²) in [6.45, 7) is 75.9. The molecular weight excluding hydrogens is 1730 g/mol. The number of rotatable bonds is 5. The molecule has 0 unspecified atom stereocenters. The summed E-state index contributed by atoms with van der Waals surface area (Å²) < 4.78 is 31.0. The number of fused-ring (bicyclic) bond motifs is 10. The summed E-state index contributed by atoms with van der Waals surface area (Å²) in [6.07, 6.45) is 12.5. The van der Waals surface area contributed by atoms with Gasteiger partial charge in [-0.3, -0.25) is 24.6 Å². The number of ether oxygens (including phenoxy) is 5. The molecule has 8 aromatic carbocycles. The topological polar surface area (TPSA) is 191 Å². The molecule has 15 aromatic rings. The number of anilines is 15. The highest BCUT2D eigenvalue weighted by Gasteiger charge is 2.39. The van der Waals surface area contributed by atoms with Crippen molar-refractivity contribution in [2.75, 3.05) is 24.5 Å². The molecule has 0 bridgehead atoms. The minimum atomic E-state index is 0.0991. The minimum absolute atomic E-state index is 0.0991. The fourth-order valence-electron chi connectivity index (χ4n) is 19.0. The van der Waals surface area contributed by atoms with Gasteiger partial charge in [0, 0.05) is 29.8 Å². The minimum Gasteiger partial charge on any atom is -0.451 e. The van der Waals surface area contributed by atoms with Crippen molar-refractivity contribution in [3.05, 3.63) is 323 Å². The van der Waals surface area contributed by atoms with E-state index in [0.29, 0.717) is 5.88 Å². The molecule has 0 saturated carbocycles. The van der Waals surface area contributed by atoms with Crippen LogP contribution in [-0.4, -0.2) is 50.3 Å². The molecule has 0 aliphatic carbocycles. The first-order valence-corrected chi connectivity index (χ1v) is 48.4. The van der Waals surface area contributed by atoms with Gasteiger partial charge < -0.3 is 28.6 Å². The van der Waals surface area contributed by atoms with Gasteiger partial charge in [0.2, 0.25) is 11.7 Å². The molecule has 0 N–H and O–H groups in total. The van der Waals surface area contributed by atoms with Crippen molar-refractivity contribution in [2.24, 2.45) is 0 Å². The van der Waals surface area contributed by atoms with Gasteiger partial charge >= 0.3 is 0 Å². The normalized spacial score (nSPS) is 13.0. The maximum absolute atomic E-state index is 6.23. The second-order valence-corrected chi connectivity index (χ2v) is 43.8. The van der Waals surface area contributed by atoms with E-state index in [9.17, 15) is 0 Å². The molecule has 20 nitrogen and oxygen atoms in total. The Hall–Kier alpha value is -14.4. The molecule has 0 radical (unpaired) electrons. The quantitative estimate of drug-likeness (QED) is 0.158. The fraction of sp³-hybridized carbons (Fsp3) is 0.333. The van der Waals surface area contributed by atoms with E-state index >= 15 is 0 Å². The molecule has 20 rings (SSSR count). The van der Waals surface area contributed by atoms with Crippen LogP contribution in [0.2, 0.25) is 0 Å². The Balaban J connectivity index is 0.000000126. The lowest BCUT2D eigenvalue weighted by Gasteiger charge is -2.35. The highest BCUT2D eigenvalue weighted by atomic mass is 16.5. The average molecular weight is 1870 g/mol. The first-order valence-electron chi connectivity index (χ1n) is 48.4. The lowest BCUT2D eigenvalue weighted by molar-refractivity contribution is 0.451. The van der Waals surface area contributed by atoms with Gasteiger partial charge in [0.05, 0.1) is 75.5 Å². The maximum Gasteiger partial charge on any atom is 0.244 e. The van der Waals surface area contributed by atoms with E-state index in [2.05, 4.69) is 368 Å². The molecule has 5 aliphatic rings. The Kier molecular flexibility index (Phi) is 26.4. The molecule has 12 heterocycles. The monoisotopic (exact) mass is 1870 g/mol. The third kappa shape index (κ3) is 19.3. The molecule has 140 heavy (non-hydrogen) atoms. The van der Waals surface area contributed by atoms with Crippen LogP contribution >= 0.6 is 0 Å². The van der Waals surface area contributed by atoms with Gasteiger partial charge in [0.25, 0.3) is 0 Å². The van der Waals surface area contributed by atoms with E-state index in [1.807, 2.05) is 97.4 Å². The van der Waals surface area contributed by atoms with Crippen LogP contribution < -0.4 is 48.2 Å². The summed E-state index contributed by atoms with van der Waals surface area (Å²) in [6, 6.07) is 49.9. The van der Waals surface area contributed by atoms with Crippen LogP contribution in [0.5, 0.6) is 57.6 Å². The van der Waals surface area contributed by atoms with Crippen LogP contribution in [0.25, 0.3) is 0 Å². The first-order chi connectivity index (χ1) is 65.8. The van der Waals surface area contributed by atoms with Crippen LogP contribution in [0.15, 0.2) is 183 Å². The van der Waals surface area contributed by atoms with Crippen molar-refractivity contribution >= 4 is 85.8 Å². The SMILES string of the molecule is Cc1cc2c(cn1)Oc1c(C)ccnc1N2c1c(C)cc(C(C)(C)C)cc1C.Cc1ccc2c(c1)N(c1c(C)cc(C(C)(C)C)cc1C)c1cnnc(C)c1O2.Cc1ccc2c(c1)N(c1c(C)cc(C(C)(C)C)cc1C)c1ncnc(C)c1O2.Cc1ccc2c(c1)N(c1c(C)cc(C(C)(C)C)cc1C)c1nncc(C)c1O2.Cc1cnc2c(c1)N(c1c(C)cc(C(C)(C)C)cc1C)c1nccc(C)c1O2. The third-order valence-electron chi connectivity index (χ3n) is 26.6. The van der Waals surface area contributed by atoms with Crippen LogP contribution in [0.1, 0.15) is 243 Å². The predicted molar refractivity (Wildman–Crippen MR) is 572 cm³/mol. The Labute approximate surface area is 828 Å². The summed E-state index contributed by atoms with van der Waals surface area (Å²) in [5.41, 5.74) is 41.4. The molecule has 0 spiro atoms. The number of aromatic nitrogens is 10. The molecule has 7 aromatic heterocycles. The van der Waals surface area contributed by atoms with Crippen molar-refractivity contribution < 1.29 is 23.7 Å². The van der Waals surface area contributed by atoms with E-state index in [1.165, 1.54) is 106 Å². The van der Waals surface area contributed by atoms with Gasteiger partial charge in [-0.05, 0) is 343 Å². The summed E-state index contributed by atoms with van der Waals surface area (Å²) in [4.78, 5) is 38.5. The zero-order chi connectivity index (χ0) is 101. The van der Waals surface area contributed by atoms with Gasteiger partial charge in [0.1, 0.15) is 23.4 Å². The van der Waals surface area contributed by atoms with Crippen LogP contribution in [0.3, 0.4) is 0 Å². The third-order valence-corrected chi connectivity index (χ3v) is 26.6. The van der Waals surface area contributed by atoms with Crippen molar-refractivity contribution in [3.8, 4) is 57.6 Å². The molecule has 0 saturated heterocycles. The van der Waals surface area contributed by atoms with Gasteiger partial charge in [-0.2, -0.15) is 15.3 Å². The average Bonchev–Trinajstić information content (AvgIpc) is 0.755. The Bertz CT molecular complexity index is 6290. The second kappa shape index (κ2) is 37.4. The van der Waals surface area contributed by atoms with E-state index in [1.54, 1.807) is 24.9 Å². The standard InChI is InChI=1S/5C24H27N3O/c1-14-10-19-23(26-13-14)28-21-15(2)8-9-25-22(21)27(19)20-16(3)11-18(12-17(20)4)24(5,6)7;1-14-8-9-25-23-22(14)28-20-13-26-17(4)12-19(20)27(23)21-15(2)10-18(11-16(21)3)24(5,6)7;1-14-8-9-21-19(10-14)27(20-13-25-26-17(4)23(20)28-21)22-15(2)11-18(12-16(22)3)24(5,6)7;1-14-8-9-20-19(10-14)27(23-22(28-20)17(4)25-13-26-23)21-15(2)11-18(12-16(21)3)24(5,6)7;1-14-8-9-20-19(10-14)27(23-22(28-20)17(4)13-25-26-23)21-15(2)11-18(12-16(21)3)24(5,6)7/h5*8-13H,1-7H3. The smallest absolute Gasteiger partial charge is 0.244 e. The lowest BCUT2D eigenvalue weighted by Crippen LogP contribution is -2.21. The Morgan fingerprint density at radius 2 is 0.550 bits per heavy atom. The number of benzene rings is 8. The van der Waals surface area contributed by atoms with Crippen LogP contribution in [-0.2, 0) is 27.1 Å². The zero-order valence-corrected chi connectivity index (χ0v) is 88.6. The Morgan fingerprint density at radius 1 is 0.221 bits per heavy atom. The number of nitrogens with zero attached hydrogens (tertiary/aromatic N) is 15. The van der Waals surface area contributed by atoms with Crippen molar-refractivity contribution in [3.63, 3.8) is 0 Å². The van der Waals surface area contributed by atoms with E-state index in [4.69, 9.17) is 33.7 Å². The van der Waals surface area contributed by atoms with E-state index < -0.39 is 0 Å². The van der Waals surface area contributed by atoms with Gasteiger partial charge in [-0.1, -0.05) is 183 Å². The molecule has 20 heteroatoms. The molecule has 5 aliphatic heterocycles. The Morgan fingerprint density at radius 3 is 0.964 bits per heavy atom. The molecule has 0 atom stereocenters. The summed E-state index contributed by atoms with van der Waals surface area (Å²) in [5.74, 6) is 10.9. The van der Waals surface area contributed by atoms with Crippen molar-refractivity contribution in [1.29, 1.82) is 0 Å². The summed E-state index contributed by atoms with van der Waals surface area (Å²) in [5, 5.41) is 17.1. The van der Waals surface area contributed by atoms with E-state index in [0.717, 1.165) is 171 Å². The van der Waals surface area contributed by atoms with Gasteiger partial charge in [-0.25, -0.2) is 24.9 Å². The number of hydrogen-bond acceptors (Lipinski definition) is 20. The largest absolute Gasteiger partial charge is 0.451 e. The van der Waals surface area contributed by atoms with Gasteiger partial charge in [-0.15, -0.1) is 5.10 Å². The molecule has 720 valence electrons. The first kappa shape index (κ1) is 98.6. The molecule has 0 fully saturated rings. The second-order valence-electron chi connectivity index (χ2n) is 43.8. The van der Waals surface area contributed by atoms with Crippen LogP contribution in [0.4, 0.5) is 85.8 Å². The van der Waals surface area contributed by atoms with Crippen molar-refractivity contribution in [1.82, 2.24) is 50.3 Å². The lowest BCUT2D eigenvalue weighted by atomic mass is 9.84. The highest BCUT2D eigenvalue weighted by molar-refractivity contribution is 5.94. The van der Waals surface area contributed by atoms with Crippen LogP contribution in [0, 0.1) is 138 Å². The summed E-state index contributed by atoms with van der Waals surface area (Å²) in [7, 11) is 0. The number of hydrogen-bond donors (Lipinski definition) is 0. The van der Waals surface area contributed by atoms with Crippen molar-refractivity contribution in [2.45, 2.75) is 269 Å². The zero-order valence-electron chi connectivity index (χ0n) is 88.6. The molecule has 0 amide bonds. The molecular formula is C120H135N15O5. The van der Waals surface area contributed by atoms with E-state index in [-0.39, 0.29) is 27.1 Å².